The number of carbonyl (C=O) groups is 1. The molecule has 8 heteroatoms. The van der Waals surface area contributed by atoms with Crippen molar-refractivity contribution in [1.82, 2.24) is 9.62 Å². The van der Waals surface area contributed by atoms with E-state index < -0.39 is 10.0 Å². The fourth-order valence-corrected chi connectivity index (χ4v) is 3.51. The monoisotopic (exact) mass is 291 g/mol. The Kier molecular flexibility index (Phi) is 5.27. The van der Waals surface area contributed by atoms with E-state index >= 15 is 0 Å². The van der Waals surface area contributed by atoms with Gasteiger partial charge in [-0.2, -0.15) is 0 Å². The molecule has 0 aliphatic rings. The highest BCUT2D eigenvalue weighted by atomic mass is 32.2. The largest absolute Gasteiger partial charge is 0.349 e. The van der Waals surface area contributed by atoms with E-state index in [0.717, 1.165) is 16.2 Å². The van der Waals surface area contributed by atoms with Crippen molar-refractivity contribution in [1.29, 1.82) is 0 Å². The highest BCUT2D eigenvalue weighted by molar-refractivity contribution is 7.91. The summed E-state index contributed by atoms with van der Waals surface area (Å²) in [5, 5.41) is 0. The first-order valence-electron chi connectivity index (χ1n) is 5.35. The highest BCUT2D eigenvalue weighted by Gasteiger charge is 2.16. The van der Waals surface area contributed by atoms with Gasteiger partial charge in [0.2, 0.25) is 15.9 Å². The molecule has 0 spiro atoms. The standard InChI is InChI=1S/C10H17N3O3S2/c1-13(2)9(14)5-6-12-18(15,16)10-4-3-8(7-11)17-10/h3-4,12H,5-7,11H2,1-2H3. The molecular formula is C10H17N3O3S2. The number of carbonyl (C=O) groups excluding carboxylic acids is 1. The van der Waals surface area contributed by atoms with E-state index in [1.54, 1.807) is 20.2 Å². The van der Waals surface area contributed by atoms with E-state index in [1.165, 1.54) is 11.0 Å². The van der Waals surface area contributed by atoms with Gasteiger partial charge in [0.15, 0.2) is 0 Å². The molecule has 1 aromatic heterocycles. The van der Waals surface area contributed by atoms with Crippen molar-refractivity contribution in [2.45, 2.75) is 17.2 Å². The van der Waals surface area contributed by atoms with Gasteiger partial charge in [-0.3, -0.25) is 4.79 Å². The number of amides is 1. The van der Waals surface area contributed by atoms with Crippen LogP contribution in [0.1, 0.15) is 11.3 Å². The van der Waals surface area contributed by atoms with Crippen LogP contribution in [0.25, 0.3) is 0 Å². The van der Waals surface area contributed by atoms with Gasteiger partial charge < -0.3 is 10.6 Å². The number of sulfonamides is 1. The molecule has 0 aliphatic heterocycles. The van der Waals surface area contributed by atoms with Crippen LogP contribution >= 0.6 is 11.3 Å². The molecule has 102 valence electrons. The lowest BCUT2D eigenvalue weighted by Crippen LogP contribution is -2.29. The van der Waals surface area contributed by atoms with Crippen LogP contribution in [0.3, 0.4) is 0 Å². The van der Waals surface area contributed by atoms with Crippen LogP contribution in [0.5, 0.6) is 0 Å². The molecule has 1 amide bonds. The third-order valence-corrected chi connectivity index (χ3v) is 5.29. The number of rotatable bonds is 6. The molecule has 0 aliphatic carbocycles. The number of hydrogen-bond acceptors (Lipinski definition) is 5. The Balaban J connectivity index is 2.58. The van der Waals surface area contributed by atoms with Crippen molar-refractivity contribution in [3.8, 4) is 0 Å². The van der Waals surface area contributed by atoms with Crippen LogP contribution in [-0.2, 0) is 21.4 Å². The molecule has 1 heterocycles. The van der Waals surface area contributed by atoms with Crippen molar-refractivity contribution < 1.29 is 13.2 Å². The summed E-state index contributed by atoms with van der Waals surface area (Å²) in [6.07, 6.45) is 0.140. The minimum absolute atomic E-state index is 0.0925. The zero-order chi connectivity index (χ0) is 13.8. The second kappa shape index (κ2) is 6.28. The maximum atomic E-state index is 11.8. The summed E-state index contributed by atoms with van der Waals surface area (Å²) < 4.78 is 26.3. The summed E-state index contributed by atoms with van der Waals surface area (Å²) in [4.78, 5) is 13.5. The van der Waals surface area contributed by atoms with Gasteiger partial charge in [-0.25, -0.2) is 13.1 Å². The Bertz CT molecular complexity index is 508. The number of nitrogens with two attached hydrogens (primary N) is 1. The van der Waals surface area contributed by atoms with Gasteiger partial charge in [-0.1, -0.05) is 0 Å². The molecule has 0 bridgehead atoms. The van der Waals surface area contributed by atoms with Crippen LogP contribution in [0, 0.1) is 0 Å². The number of thiophene rings is 1. The van der Waals surface area contributed by atoms with E-state index in [1.807, 2.05) is 0 Å². The molecule has 1 rings (SSSR count). The number of nitrogens with zero attached hydrogens (tertiary/aromatic N) is 1. The zero-order valence-electron chi connectivity index (χ0n) is 10.3. The first-order valence-corrected chi connectivity index (χ1v) is 7.65. The first kappa shape index (κ1) is 15.1. The summed E-state index contributed by atoms with van der Waals surface area (Å²) >= 11 is 1.13. The van der Waals surface area contributed by atoms with E-state index in [-0.39, 0.29) is 23.1 Å². The molecule has 0 saturated carbocycles. The maximum absolute atomic E-state index is 11.8. The molecule has 0 fully saturated rings. The fourth-order valence-electron chi connectivity index (χ4n) is 1.20. The molecule has 0 aromatic carbocycles. The number of hydrogen-bond donors (Lipinski definition) is 2. The van der Waals surface area contributed by atoms with Gasteiger partial charge >= 0.3 is 0 Å². The van der Waals surface area contributed by atoms with Crippen molar-refractivity contribution in [3.05, 3.63) is 17.0 Å². The molecule has 3 N–H and O–H groups in total. The van der Waals surface area contributed by atoms with Crippen LogP contribution in [0.15, 0.2) is 16.3 Å². The summed E-state index contributed by atoms with van der Waals surface area (Å²) in [6.45, 7) is 0.411. The van der Waals surface area contributed by atoms with Crippen LogP contribution in [-0.4, -0.2) is 39.9 Å². The molecule has 18 heavy (non-hydrogen) atoms. The SMILES string of the molecule is CN(C)C(=O)CCNS(=O)(=O)c1ccc(CN)s1. The molecule has 0 unspecified atom stereocenters. The topological polar surface area (TPSA) is 92.5 Å². The van der Waals surface area contributed by atoms with Crippen LogP contribution in [0.4, 0.5) is 0 Å². The Morgan fingerprint density at radius 2 is 2.11 bits per heavy atom. The van der Waals surface area contributed by atoms with Gasteiger partial charge in [0.25, 0.3) is 0 Å². The lowest BCUT2D eigenvalue weighted by atomic mass is 10.4. The molecule has 6 nitrogen and oxygen atoms in total. The minimum atomic E-state index is -3.53. The van der Waals surface area contributed by atoms with E-state index in [2.05, 4.69) is 4.72 Å². The summed E-state index contributed by atoms with van der Waals surface area (Å²) in [7, 11) is -0.271. The Morgan fingerprint density at radius 3 is 2.61 bits per heavy atom. The molecule has 1 aromatic rings. The zero-order valence-corrected chi connectivity index (χ0v) is 12.0. The lowest BCUT2D eigenvalue weighted by molar-refractivity contribution is -0.128. The average molecular weight is 291 g/mol. The lowest BCUT2D eigenvalue weighted by Gasteiger charge is -2.10. The number of nitrogens with one attached hydrogen (secondary N) is 1. The second-order valence-corrected chi connectivity index (χ2v) is 7.02. The van der Waals surface area contributed by atoms with Crippen LogP contribution < -0.4 is 10.5 Å². The Hall–Kier alpha value is -0.960. The highest BCUT2D eigenvalue weighted by Crippen LogP contribution is 2.20. The van der Waals surface area contributed by atoms with Gasteiger partial charge in [-0.05, 0) is 12.1 Å². The van der Waals surface area contributed by atoms with Crippen molar-refractivity contribution >= 4 is 27.3 Å². The quantitative estimate of drug-likeness (QED) is 0.769. The average Bonchev–Trinajstić information content (AvgIpc) is 2.77. The summed E-state index contributed by atoms with van der Waals surface area (Å²) in [5.74, 6) is -0.119. The van der Waals surface area contributed by atoms with Crippen molar-refractivity contribution in [2.75, 3.05) is 20.6 Å². The van der Waals surface area contributed by atoms with Gasteiger partial charge in [-0.15, -0.1) is 11.3 Å². The minimum Gasteiger partial charge on any atom is -0.349 e. The van der Waals surface area contributed by atoms with E-state index in [9.17, 15) is 13.2 Å². The molecule has 0 atom stereocenters. The Morgan fingerprint density at radius 1 is 1.44 bits per heavy atom. The predicted octanol–water partition coefficient (Wildman–Crippen LogP) is -0.0366. The molecule has 0 saturated heterocycles. The van der Waals surface area contributed by atoms with Crippen molar-refractivity contribution in [3.63, 3.8) is 0 Å². The van der Waals surface area contributed by atoms with Crippen LogP contribution in [0.2, 0.25) is 0 Å². The van der Waals surface area contributed by atoms with Gasteiger partial charge in [0, 0.05) is 38.5 Å². The fraction of sp³-hybridized carbons (Fsp3) is 0.500. The normalized spacial score (nSPS) is 11.5. The van der Waals surface area contributed by atoms with E-state index in [4.69, 9.17) is 5.73 Å². The summed E-state index contributed by atoms with van der Waals surface area (Å²) in [6, 6.07) is 3.20. The summed E-state index contributed by atoms with van der Waals surface area (Å²) in [5.41, 5.74) is 5.42. The van der Waals surface area contributed by atoms with Gasteiger partial charge in [0.05, 0.1) is 0 Å². The third-order valence-electron chi connectivity index (χ3n) is 2.23. The van der Waals surface area contributed by atoms with Gasteiger partial charge in [0.1, 0.15) is 4.21 Å². The smallest absolute Gasteiger partial charge is 0.250 e. The van der Waals surface area contributed by atoms with E-state index in [0.29, 0.717) is 6.54 Å². The van der Waals surface area contributed by atoms with Crippen molar-refractivity contribution in [2.24, 2.45) is 5.73 Å². The maximum Gasteiger partial charge on any atom is 0.250 e. The predicted molar refractivity (Wildman–Crippen MR) is 70.7 cm³/mol. The molecular weight excluding hydrogens is 274 g/mol. The molecule has 0 radical (unpaired) electrons. The first-order chi connectivity index (χ1) is 8.36. The Labute approximate surface area is 111 Å². The third kappa shape index (κ3) is 4.05. The second-order valence-electron chi connectivity index (χ2n) is 3.86.